The molecule has 0 heterocycles. The second-order valence-electron chi connectivity index (χ2n) is 5.41. The summed E-state index contributed by atoms with van der Waals surface area (Å²) in [6.45, 7) is 5.68. The minimum Gasteiger partial charge on any atom is -0.339 e. The van der Waals surface area contributed by atoms with Gasteiger partial charge in [0, 0.05) is 19.2 Å². The zero-order chi connectivity index (χ0) is 16.3. The van der Waals surface area contributed by atoms with E-state index < -0.39 is 33.7 Å². The van der Waals surface area contributed by atoms with Crippen LogP contribution in [0.4, 0.5) is 14.5 Å². The topological polar surface area (TPSA) is 63.5 Å². The number of carbonyl (C=O) groups is 1. The van der Waals surface area contributed by atoms with E-state index in [2.05, 4.69) is 0 Å². The maximum Gasteiger partial charge on any atom is 0.305 e. The highest BCUT2D eigenvalue weighted by Gasteiger charge is 2.29. The van der Waals surface area contributed by atoms with Gasteiger partial charge in [0.05, 0.1) is 4.92 Å². The predicted octanol–water partition coefficient (Wildman–Crippen LogP) is 3.38. The van der Waals surface area contributed by atoms with Crippen LogP contribution in [-0.4, -0.2) is 28.8 Å². The Morgan fingerprint density at radius 2 is 1.90 bits per heavy atom. The third-order valence-corrected chi connectivity index (χ3v) is 3.28. The highest BCUT2D eigenvalue weighted by Crippen LogP contribution is 2.25. The van der Waals surface area contributed by atoms with Crippen molar-refractivity contribution >= 4 is 11.6 Å². The van der Waals surface area contributed by atoms with E-state index in [1.54, 1.807) is 6.92 Å². The van der Waals surface area contributed by atoms with Crippen LogP contribution in [0.3, 0.4) is 0 Å². The quantitative estimate of drug-likeness (QED) is 0.618. The highest BCUT2D eigenvalue weighted by molar-refractivity contribution is 5.95. The average Bonchev–Trinajstić information content (AvgIpc) is 2.36. The number of nitro benzene ring substituents is 1. The zero-order valence-electron chi connectivity index (χ0n) is 12.4. The summed E-state index contributed by atoms with van der Waals surface area (Å²) in [5.41, 5.74) is -1.80. The van der Waals surface area contributed by atoms with Gasteiger partial charge in [0.15, 0.2) is 0 Å². The molecule has 0 saturated heterocycles. The molecule has 0 aromatic heterocycles. The molecule has 5 nitrogen and oxygen atoms in total. The first-order chi connectivity index (χ1) is 9.66. The van der Waals surface area contributed by atoms with Gasteiger partial charge in [-0.2, -0.15) is 4.39 Å². The fourth-order valence-corrected chi connectivity index (χ4v) is 2.10. The Bertz CT molecular complexity index is 561. The minimum atomic E-state index is -1.44. The van der Waals surface area contributed by atoms with Crippen LogP contribution in [0.25, 0.3) is 0 Å². The summed E-state index contributed by atoms with van der Waals surface area (Å²) in [7, 11) is 1.42. The lowest BCUT2D eigenvalue weighted by Gasteiger charge is -2.26. The molecule has 1 atom stereocenters. The van der Waals surface area contributed by atoms with Crippen molar-refractivity contribution in [2.45, 2.75) is 33.2 Å². The molecule has 21 heavy (non-hydrogen) atoms. The number of rotatable bonds is 5. The van der Waals surface area contributed by atoms with Gasteiger partial charge in [-0.3, -0.25) is 14.9 Å². The molecule has 1 aromatic rings. The molecule has 0 aliphatic heterocycles. The van der Waals surface area contributed by atoms with Crippen molar-refractivity contribution in [2.24, 2.45) is 5.92 Å². The summed E-state index contributed by atoms with van der Waals surface area (Å²) in [4.78, 5) is 23.1. The first kappa shape index (κ1) is 17.0. The molecule has 0 bridgehead atoms. The number of amides is 1. The van der Waals surface area contributed by atoms with Crippen LogP contribution in [0.2, 0.25) is 0 Å². The molecular formula is C14H18F2N2O3. The Kier molecular flexibility index (Phi) is 5.34. The Balaban J connectivity index is 3.18. The van der Waals surface area contributed by atoms with E-state index in [-0.39, 0.29) is 6.04 Å². The molecule has 1 unspecified atom stereocenters. The molecule has 0 spiro atoms. The standard InChI is InChI=1S/C14H18F2N2O3/c1-8(2)7-9(3)17(4)14(19)12-10(15)5-6-11(13(12)16)18(20)21/h5-6,8-9H,7H2,1-4H3. The van der Waals surface area contributed by atoms with E-state index in [1.807, 2.05) is 13.8 Å². The Labute approximate surface area is 121 Å². The van der Waals surface area contributed by atoms with Gasteiger partial charge >= 0.3 is 5.69 Å². The second kappa shape index (κ2) is 6.60. The second-order valence-corrected chi connectivity index (χ2v) is 5.41. The lowest BCUT2D eigenvalue weighted by molar-refractivity contribution is -0.387. The molecular weight excluding hydrogens is 282 g/mol. The van der Waals surface area contributed by atoms with Crippen LogP contribution in [0.15, 0.2) is 12.1 Å². The summed E-state index contributed by atoms with van der Waals surface area (Å²) in [5.74, 6) is -3.14. The number of carbonyl (C=O) groups excluding carboxylic acids is 1. The number of hydrogen-bond donors (Lipinski definition) is 0. The maximum atomic E-state index is 14.0. The van der Waals surface area contributed by atoms with E-state index in [4.69, 9.17) is 0 Å². The van der Waals surface area contributed by atoms with Crippen molar-refractivity contribution in [1.82, 2.24) is 4.90 Å². The predicted molar refractivity (Wildman–Crippen MR) is 74.0 cm³/mol. The molecule has 0 radical (unpaired) electrons. The van der Waals surface area contributed by atoms with Gasteiger partial charge in [0.1, 0.15) is 11.4 Å². The van der Waals surface area contributed by atoms with Crippen molar-refractivity contribution in [3.05, 3.63) is 39.4 Å². The van der Waals surface area contributed by atoms with Crippen molar-refractivity contribution in [3.63, 3.8) is 0 Å². The van der Waals surface area contributed by atoms with E-state index in [0.29, 0.717) is 18.4 Å². The minimum absolute atomic E-state index is 0.240. The Morgan fingerprint density at radius 3 is 2.38 bits per heavy atom. The first-order valence-corrected chi connectivity index (χ1v) is 6.56. The van der Waals surface area contributed by atoms with Crippen LogP contribution in [0.5, 0.6) is 0 Å². The van der Waals surface area contributed by atoms with E-state index in [9.17, 15) is 23.7 Å². The molecule has 116 valence electrons. The molecule has 0 N–H and O–H groups in total. The summed E-state index contributed by atoms with van der Waals surface area (Å²) in [6.07, 6.45) is 0.653. The molecule has 7 heteroatoms. The molecule has 1 rings (SSSR count). The number of hydrogen-bond acceptors (Lipinski definition) is 3. The number of halogens is 2. The average molecular weight is 300 g/mol. The summed E-state index contributed by atoms with van der Waals surface area (Å²) in [6, 6.07) is 1.20. The van der Waals surface area contributed by atoms with Crippen molar-refractivity contribution < 1.29 is 18.5 Å². The third-order valence-electron chi connectivity index (χ3n) is 3.28. The van der Waals surface area contributed by atoms with Crippen molar-refractivity contribution in [3.8, 4) is 0 Å². The van der Waals surface area contributed by atoms with Gasteiger partial charge in [-0.15, -0.1) is 0 Å². The van der Waals surface area contributed by atoms with E-state index in [0.717, 1.165) is 6.07 Å². The lowest BCUT2D eigenvalue weighted by Crippen LogP contribution is -2.37. The molecule has 1 aromatic carbocycles. The normalized spacial score (nSPS) is 12.3. The number of benzene rings is 1. The third kappa shape index (κ3) is 3.74. The molecule has 0 aliphatic rings. The monoisotopic (exact) mass is 300 g/mol. The van der Waals surface area contributed by atoms with Crippen LogP contribution < -0.4 is 0 Å². The molecule has 0 aliphatic carbocycles. The van der Waals surface area contributed by atoms with Gasteiger partial charge in [-0.05, 0) is 25.3 Å². The van der Waals surface area contributed by atoms with E-state index in [1.165, 1.54) is 11.9 Å². The summed E-state index contributed by atoms with van der Waals surface area (Å²) < 4.78 is 27.7. The maximum absolute atomic E-state index is 14.0. The largest absolute Gasteiger partial charge is 0.339 e. The fraction of sp³-hybridized carbons (Fsp3) is 0.500. The smallest absolute Gasteiger partial charge is 0.305 e. The lowest BCUT2D eigenvalue weighted by atomic mass is 10.0. The first-order valence-electron chi connectivity index (χ1n) is 6.56. The summed E-state index contributed by atoms with van der Waals surface area (Å²) >= 11 is 0. The van der Waals surface area contributed by atoms with Crippen LogP contribution in [0, 0.1) is 27.7 Å². The van der Waals surface area contributed by atoms with Gasteiger partial charge in [-0.1, -0.05) is 13.8 Å². The van der Waals surface area contributed by atoms with Gasteiger partial charge in [-0.25, -0.2) is 4.39 Å². The fourth-order valence-electron chi connectivity index (χ4n) is 2.10. The van der Waals surface area contributed by atoms with Gasteiger partial charge < -0.3 is 4.90 Å². The zero-order valence-corrected chi connectivity index (χ0v) is 12.4. The van der Waals surface area contributed by atoms with Crippen LogP contribution in [0.1, 0.15) is 37.6 Å². The number of nitro groups is 1. The van der Waals surface area contributed by atoms with Gasteiger partial charge in [0.25, 0.3) is 5.91 Å². The summed E-state index contributed by atoms with van der Waals surface area (Å²) in [5, 5.41) is 10.7. The van der Waals surface area contributed by atoms with Crippen LogP contribution in [-0.2, 0) is 0 Å². The molecule has 0 fully saturated rings. The van der Waals surface area contributed by atoms with Gasteiger partial charge in [0.2, 0.25) is 5.82 Å². The molecule has 0 saturated carbocycles. The number of nitrogens with zero attached hydrogens (tertiary/aromatic N) is 2. The SMILES string of the molecule is CC(C)CC(C)N(C)C(=O)c1c(F)ccc([N+](=O)[O-])c1F. The highest BCUT2D eigenvalue weighted by atomic mass is 19.1. The molecule has 1 amide bonds. The Morgan fingerprint density at radius 1 is 1.33 bits per heavy atom. The van der Waals surface area contributed by atoms with Crippen LogP contribution >= 0.6 is 0 Å². The Hall–Kier alpha value is -2.05. The van der Waals surface area contributed by atoms with Crippen molar-refractivity contribution in [1.29, 1.82) is 0 Å². The van der Waals surface area contributed by atoms with Crippen molar-refractivity contribution in [2.75, 3.05) is 7.05 Å². The van der Waals surface area contributed by atoms with E-state index >= 15 is 0 Å².